The largest absolute Gasteiger partial charge is 0.310 e. The van der Waals surface area contributed by atoms with Gasteiger partial charge in [0.1, 0.15) is 0 Å². The van der Waals surface area contributed by atoms with Crippen LogP contribution >= 0.6 is 0 Å². The molecule has 14 rings (SSSR count). The van der Waals surface area contributed by atoms with Crippen molar-refractivity contribution >= 4 is 45.9 Å². The standard InChI is InChI=1S/C64H45NSi/c1-63(2)55-29-12-6-23-47(55)51-37-35-43(40-59(51)63)65(42-19-18-22-46(39-42)66(45-20-4-3-5-21-45)61-33-16-10-27-53(61)54-28-11-17-34-62(54)66)44-36-38-52-50-26-9-15-32-58(50)64(60(52)41-44)56-30-13-7-24-48(56)49-25-8-14-31-57(49)64/h3-41H,1-2H3/i10D,11D,16D,17D,27D,28D,33D,34D. The van der Waals surface area contributed by atoms with E-state index in [0.717, 1.165) is 33.0 Å². The normalized spacial score (nSPS) is 16.9. The minimum atomic E-state index is -4.06. The molecule has 3 aliphatic carbocycles. The van der Waals surface area contributed by atoms with Gasteiger partial charge in [-0.3, -0.25) is 0 Å². The third-order valence-electron chi connectivity index (χ3n) is 15.2. The minimum Gasteiger partial charge on any atom is -0.310 e. The Morgan fingerprint density at radius 1 is 0.348 bits per heavy atom. The lowest BCUT2D eigenvalue weighted by Gasteiger charge is -2.34. The first-order chi connectivity index (χ1) is 35.8. The van der Waals surface area contributed by atoms with Crippen LogP contribution in [0.3, 0.4) is 0 Å². The molecule has 0 fully saturated rings. The van der Waals surface area contributed by atoms with Gasteiger partial charge in [0.15, 0.2) is 8.07 Å². The van der Waals surface area contributed by atoms with Crippen molar-refractivity contribution in [1.29, 1.82) is 0 Å². The van der Waals surface area contributed by atoms with Crippen LogP contribution in [0, 0.1) is 0 Å². The topological polar surface area (TPSA) is 3.24 Å². The van der Waals surface area contributed by atoms with E-state index in [0.29, 0.717) is 10.4 Å². The molecule has 0 atom stereocenters. The van der Waals surface area contributed by atoms with Crippen LogP contribution in [0.1, 0.15) is 58.2 Å². The second kappa shape index (κ2) is 13.6. The fraction of sp³-hybridized carbons (Fsp3) is 0.0625. The van der Waals surface area contributed by atoms with E-state index in [4.69, 9.17) is 5.48 Å². The van der Waals surface area contributed by atoms with Gasteiger partial charge in [0.05, 0.1) is 16.4 Å². The summed E-state index contributed by atoms with van der Waals surface area (Å²) in [6.45, 7) is 4.57. The van der Waals surface area contributed by atoms with Gasteiger partial charge < -0.3 is 4.90 Å². The van der Waals surface area contributed by atoms with Crippen molar-refractivity contribution in [2.24, 2.45) is 0 Å². The molecule has 0 radical (unpaired) electrons. The van der Waals surface area contributed by atoms with Crippen LogP contribution in [-0.2, 0) is 10.8 Å². The van der Waals surface area contributed by atoms with E-state index < -0.39 is 37.7 Å². The van der Waals surface area contributed by atoms with Crippen molar-refractivity contribution in [3.63, 3.8) is 0 Å². The maximum absolute atomic E-state index is 9.79. The summed E-state index contributed by atoms with van der Waals surface area (Å²) < 4.78 is 74.6. The zero-order chi connectivity index (χ0) is 50.7. The zero-order valence-corrected chi connectivity index (χ0v) is 37.3. The molecule has 1 heterocycles. The van der Waals surface area contributed by atoms with Gasteiger partial charge in [-0.1, -0.05) is 214 Å². The van der Waals surface area contributed by atoms with Crippen LogP contribution in [0.2, 0.25) is 0 Å². The van der Waals surface area contributed by atoms with Crippen molar-refractivity contribution in [2.75, 3.05) is 4.90 Å². The molecule has 0 saturated heterocycles. The highest BCUT2D eigenvalue weighted by molar-refractivity contribution is 7.22. The number of nitrogens with zero attached hydrogens (tertiary/aromatic N) is 1. The Morgan fingerprint density at radius 2 is 0.773 bits per heavy atom. The van der Waals surface area contributed by atoms with Gasteiger partial charge in [-0.25, -0.2) is 0 Å². The summed E-state index contributed by atoms with van der Waals surface area (Å²) in [5.41, 5.74) is 16.5. The monoisotopic (exact) mass is 863 g/mol. The van der Waals surface area contributed by atoms with Crippen molar-refractivity contribution in [1.82, 2.24) is 0 Å². The van der Waals surface area contributed by atoms with Gasteiger partial charge in [-0.2, -0.15) is 0 Å². The lowest BCUT2D eigenvalue weighted by Crippen LogP contribution is -2.72. The number of hydrogen-bond donors (Lipinski definition) is 0. The maximum atomic E-state index is 9.79. The average molecular weight is 864 g/mol. The van der Waals surface area contributed by atoms with Crippen LogP contribution < -0.4 is 25.6 Å². The van der Waals surface area contributed by atoms with Gasteiger partial charge in [-0.05, 0) is 135 Å². The second-order valence-electron chi connectivity index (χ2n) is 18.5. The quantitative estimate of drug-likeness (QED) is 0.156. The average Bonchev–Trinajstić information content (AvgIpc) is 4.22. The summed E-state index contributed by atoms with van der Waals surface area (Å²) in [5, 5.41) is 2.12. The number of hydrogen-bond acceptors (Lipinski definition) is 1. The number of fused-ring (bicyclic) bond motifs is 16. The highest BCUT2D eigenvalue weighted by atomic mass is 28.3. The third-order valence-corrected chi connectivity index (χ3v) is 19.8. The number of rotatable bonds is 5. The van der Waals surface area contributed by atoms with Gasteiger partial charge in [-0.15, -0.1) is 0 Å². The van der Waals surface area contributed by atoms with Crippen LogP contribution in [0.5, 0.6) is 0 Å². The Balaban J connectivity index is 1.08. The molecule has 1 spiro atoms. The smallest absolute Gasteiger partial charge is 0.180 e. The Hall–Kier alpha value is -7.78. The predicted octanol–water partition coefficient (Wildman–Crippen LogP) is 13.2. The molecule has 1 nitrogen and oxygen atoms in total. The van der Waals surface area contributed by atoms with Crippen molar-refractivity contribution in [3.8, 4) is 44.5 Å². The highest BCUT2D eigenvalue weighted by Crippen LogP contribution is 2.63. The van der Waals surface area contributed by atoms with Gasteiger partial charge >= 0.3 is 0 Å². The molecule has 310 valence electrons. The van der Waals surface area contributed by atoms with E-state index in [2.05, 4.69) is 164 Å². The first-order valence-corrected chi connectivity index (χ1v) is 24.7. The van der Waals surface area contributed by atoms with Crippen molar-refractivity contribution in [3.05, 3.63) is 270 Å². The summed E-state index contributed by atoms with van der Waals surface area (Å²) >= 11 is 0. The Bertz CT molecular complexity index is 4000. The lowest BCUT2D eigenvalue weighted by molar-refractivity contribution is 0.660. The molecule has 66 heavy (non-hydrogen) atoms. The molecule has 0 N–H and O–H groups in total. The van der Waals surface area contributed by atoms with Crippen LogP contribution in [0.25, 0.3) is 44.5 Å². The molecule has 0 bridgehead atoms. The summed E-state index contributed by atoms with van der Waals surface area (Å²) in [6, 6.07) is 63.5. The Morgan fingerprint density at radius 3 is 1.35 bits per heavy atom. The van der Waals surface area contributed by atoms with Crippen LogP contribution in [0.15, 0.2) is 236 Å². The minimum absolute atomic E-state index is 0.136. The molecular weight excluding hydrogens is 811 g/mol. The van der Waals surface area contributed by atoms with Crippen molar-refractivity contribution in [2.45, 2.75) is 24.7 Å². The second-order valence-corrected chi connectivity index (χ2v) is 22.2. The summed E-state index contributed by atoms with van der Waals surface area (Å²) in [5.74, 6) is 0. The first-order valence-electron chi connectivity index (χ1n) is 26.7. The van der Waals surface area contributed by atoms with E-state index in [1.54, 1.807) is 0 Å². The molecule has 0 unspecified atom stereocenters. The molecule has 0 saturated carbocycles. The van der Waals surface area contributed by atoms with E-state index in [9.17, 15) is 5.48 Å². The molecule has 10 aromatic rings. The number of benzene rings is 10. The van der Waals surface area contributed by atoms with Gasteiger partial charge in [0.2, 0.25) is 0 Å². The Kier molecular flexibility index (Phi) is 6.27. The fourth-order valence-electron chi connectivity index (χ4n) is 12.5. The maximum Gasteiger partial charge on any atom is 0.180 e. The molecule has 1 aliphatic heterocycles. The van der Waals surface area contributed by atoms with Crippen LogP contribution in [-0.4, -0.2) is 8.07 Å². The van der Waals surface area contributed by atoms with E-state index in [1.165, 1.54) is 61.2 Å². The molecular formula is C64H45NSi. The summed E-state index contributed by atoms with van der Waals surface area (Å²) in [7, 11) is -4.06. The van der Waals surface area contributed by atoms with Gasteiger partial charge in [0, 0.05) is 22.5 Å². The molecule has 0 amide bonds. The van der Waals surface area contributed by atoms with E-state index >= 15 is 0 Å². The molecule has 2 heteroatoms. The third kappa shape index (κ3) is 4.74. The molecule has 4 aliphatic rings. The first kappa shape index (κ1) is 30.4. The van der Waals surface area contributed by atoms with E-state index in [-0.39, 0.29) is 40.7 Å². The SMILES string of the molecule is [2H]c1c([2H])c([2H])c2c(c1[2H])-c1c([2H])c([2H])c([2H])c([2H])c1[Si]2(c1ccccc1)c1cccc(N(c2ccc3c(c2)C(C)(C)c2ccccc2-3)c2ccc3c(c2)C2(c4ccccc4-c4ccccc42)c2ccccc2-3)c1. The van der Waals surface area contributed by atoms with Gasteiger partial charge in [0.25, 0.3) is 0 Å². The number of anilines is 3. The zero-order valence-electron chi connectivity index (χ0n) is 44.3. The van der Waals surface area contributed by atoms with Crippen molar-refractivity contribution < 1.29 is 11.0 Å². The summed E-state index contributed by atoms with van der Waals surface area (Å²) in [6.07, 6.45) is 0. The lowest BCUT2D eigenvalue weighted by atomic mass is 9.70. The van der Waals surface area contributed by atoms with E-state index in [1.807, 2.05) is 42.5 Å². The van der Waals surface area contributed by atoms with Crippen LogP contribution in [0.4, 0.5) is 17.1 Å². The Labute approximate surface area is 399 Å². The molecule has 0 aromatic heterocycles. The fourth-order valence-corrected chi connectivity index (χ4v) is 17.3. The predicted molar refractivity (Wildman–Crippen MR) is 278 cm³/mol. The highest BCUT2D eigenvalue weighted by Gasteiger charge is 2.52. The summed E-state index contributed by atoms with van der Waals surface area (Å²) in [4.78, 5) is 2.30. The molecule has 10 aromatic carbocycles.